The number of carbonyl (C=O) groups is 5. The molecular weight excluding hydrogens is 604 g/mol. The number of hydrogen-bond donors (Lipinski definition) is 2. The van der Waals surface area contributed by atoms with Crippen molar-refractivity contribution in [1.82, 2.24) is 29.8 Å². The molecule has 2 aromatic carbocycles. The standard InChI is InChI=1S/C34H46N6O7/c41-30-14-7-16-37(30)17-9-18-38(25-28-10-3-1-4-11-28)33(45)35-24-31(42)40(27-32(43)44)34(46)39(26-29-12-5-2-6-13-29)19-8-15-36-20-22-47-23-21-36/h1-6,10-13H,7-9,14-27H2,(H,35,45)(H,43,44). The summed E-state index contributed by atoms with van der Waals surface area (Å²) in [5.74, 6) is -2.05. The molecule has 0 unspecified atom stereocenters. The van der Waals surface area contributed by atoms with Crippen molar-refractivity contribution in [2.45, 2.75) is 38.8 Å². The summed E-state index contributed by atoms with van der Waals surface area (Å²) >= 11 is 0. The van der Waals surface area contributed by atoms with Crippen molar-refractivity contribution in [3.05, 3.63) is 71.8 Å². The second-order valence-electron chi connectivity index (χ2n) is 11.8. The number of rotatable bonds is 16. The van der Waals surface area contributed by atoms with E-state index in [0.29, 0.717) is 63.6 Å². The highest BCUT2D eigenvalue weighted by Gasteiger charge is 2.30. The summed E-state index contributed by atoms with van der Waals surface area (Å²) in [7, 11) is 0. The molecule has 2 saturated heterocycles. The number of aliphatic carboxylic acids is 1. The largest absolute Gasteiger partial charge is 0.480 e. The minimum absolute atomic E-state index is 0.111. The predicted molar refractivity (Wildman–Crippen MR) is 174 cm³/mol. The maximum absolute atomic E-state index is 13.8. The molecule has 2 aliphatic rings. The number of imide groups is 1. The van der Waals surface area contributed by atoms with Crippen LogP contribution in [0.3, 0.4) is 0 Å². The molecule has 2 N–H and O–H groups in total. The van der Waals surface area contributed by atoms with Gasteiger partial charge in [0.1, 0.15) is 6.54 Å². The van der Waals surface area contributed by atoms with Gasteiger partial charge in [0.2, 0.25) is 5.91 Å². The van der Waals surface area contributed by atoms with E-state index in [4.69, 9.17) is 4.74 Å². The first-order valence-corrected chi connectivity index (χ1v) is 16.3. The molecule has 254 valence electrons. The number of benzene rings is 2. The highest BCUT2D eigenvalue weighted by molar-refractivity contribution is 5.99. The zero-order valence-electron chi connectivity index (χ0n) is 26.9. The summed E-state index contributed by atoms with van der Waals surface area (Å²) in [6, 6.07) is 17.5. The Balaban J connectivity index is 1.40. The van der Waals surface area contributed by atoms with Gasteiger partial charge in [0.25, 0.3) is 5.91 Å². The fraction of sp³-hybridized carbons (Fsp3) is 0.500. The number of nitrogens with zero attached hydrogens (tertiary/aromatic N) is 5. The lowest BCUT2D eigenvalue weighted by Gasteiger charge is -2.31. The van der Waals surface area contributed by atoms with Gasteiger partial charge in [-0.3, -0.25) is 24.2 Å². The summed E-state index contributed by atoms with van der Waals surface area (Å²) < 4.78 is 5.41. The SMILES string of the molecule is O=C(O)CN(C(=O)CNC(=O)N(CCCN1CCCC1=O)Cc1ccccc1)C(=O)N(CCCN1CCOCC1)Cc1ccccc1. The van der Waals surface area contributed by atoms with Crippen molar-refractivity contribution in [1.29, 1.82) is 0 Å². The van der Waals surface area contributed by atoms with Crippen LogP contribution in [0.15, 0.2) is 60.7 Å². The van der Waals surface area contributed by atoms with Gasteiger partial charge in [-0.2, -0.15) is 0 Å². The van der Waals surface area contributed by atoms with Crippen LogP contribution in [-0.4, -0.2) is 132 Å². The quantitative estimate of drug-likeness (QED) is 0.282. The fourth-order valence-electron chi connectivity index (χ4n) is 5.73. The molecule has 0 aromatic heterocycles. The maximum atomic E-state index is 13.8. The van der Waals surface area contributed by atoms with Crippen LogP contribution < -0.4 is 5.32 Å². The molecule has 2 heterocycles. The van der Waals surface area contributed by atoms with Crippen LogP contribution in [0.25, 0.3) is 0 Å². The fourth-order valence-corrected chi connectivity index (χ4v) is 5.73. The van der Waals surface area contributed by atoms with Crippen LogP contribution in [0.4, 0.5) is 9.59 Å². The van der Waals surface area contributed by atoms with Gasteiger partial charge in [0.05, 0.1) is 19.8 Å². The number of likely N-dealkylation sites (tertiary alicyclic amines) is 1. The molecule has 13 nitrogen and oxygen atoms in total. The summed E-state index contributed by atoms with van der Waals surface area (Å²) in [5, 5.41) is 12.2. The number of amides is 6. The lowest BCUT2D eigenvalue weighted by atomic mass is 10.2. The number of carbonyl (C=O) groups excluding carboxylic acids is 4. The molecule has 0 bridgehead atoms. The monoisotopic (exact) mass is 650 g/mol. The first kappa shape index (κ1) is 35.4. The average Bonchev–Trinajstić information content (AvgIpc) is 3.50. The van der Waals surface area contributed by atoms with E-state index in [1.54, 1.807) is 9.80 Å². The van der Waals surface area contributed by atoms with Gasteiger partial charge in [0, 0.05) is 65.3 Å². The molecular formula is C34H46N6O7. The maximum Gasteiger partial charge on any atom is 0.327 e. The molecule has 13 heteroatoms. The zero-order chi connectivity index (χ0) is 33.4. The number of carboxylic acids is 1. The summed E-state index contributed by atoms with van der Waals surface area (Å²) in [4.78, 5) is 72.2. The van der Waals surface area contributed by atoms with E-state index in [9.17, 15) is 29.1 Å². The molecule has 4 rings (SSSR count). The topological polar surface area (TPSA) is 143 Å². The second-order valence-corrected chi connectivity index (χ2v) is 11.8. The Morgan fingerprint density at radius 2 is 1.40 bits per heavy atom. The Kier molecular flexibility index (Phi) is 14.0. The molecule has 47 heavy (non-hydrogen) atoms. The minimum Gasteiger partial charge on any atom is -0.480 e. The third kappa shape index (κ3) is 11.7. The lowest BCUT2D eigenvalue weighted by Crippen LogP contribution is -2.52. The zero-order valence-corrected chi connectivity index (χ0v) is 26.9. The predicted octanol–water partition coefficient (Wildman–Crippen LogP) is 2.47. The molecule has 0 saturated carbocycles. The average molecular weight is 651 g/mol. The number of hydrogen-bond acceptors (Lipinski definition) is 7. The van der Waals surface area contributed by atoms with Crippen LogP contribution in [0.1, 0.15) is 36.8 Å². The van der Waals surface area contributed by atoms with Crippen molar-refractivity contribution in [3.63, 3.8) is 0 Å². The van der Waals surface area contributed by atoms with Crippen molar-refractivity contribution < 1.29 is 33.8 Å². The van der Waals surface area contributed by atoms with Crippen molar-refractivity contribution >= 4 is 29.8 Å². The van der Waals surface area contributed by atoms with Crippen molar-refractivity contribution in [3.8, 4) is 0 Å². The van der Waals surface area contributed by atoms with Crippen LogP contribution >= 0.6 is 0 Å². The first-order valence-electron chi connectivity index (χ1n) is 16.3. The minimum atomic E-state index is -1.34. The number of nitrogens with one attached hydrogen (secondary N) is 1. The van der Waals surface area contributed by atoms with Gasteiger partial charge in [-0.25, -0.2) is 9.59 Å². The van der Waals surface area contributed by atoms with Crippen molar-refractivity contribution in [2.24, 2.45) is 0 Å². The number of urea groups is 2. The Labute approximate surface area is 276 Å². The van der Waals surface area contributed by atoms with Gasteiger partial charge < -0.3 is 29.9 Å². The smallest absolute Gasteiger partial charge is 0.327 e. The highest BCUT2D eigenvalue weighted by atomic mass is 16.5. The van der Waals surface area contributed by atoms with Gasteiger partial charge in [-0.05, 0) is 30.4 Å². The molecule has 2 fully saturated rings. The second kappa shape index (κ2) is 18.6. The summed E-state index contributed by atoms with van der Waals surface area (Å²) in [5.41, 5.74) is 1.73. The van der Waals surface area contributed by atoms with E-state index < -0.39 is 37.0 Å². The van der Waals surface area contributed by atoms with Crippen LogP contribution in [0, 0.1) is 0 Å². The first-order chi connectivity index (χ1) is 22.8. The molecule has 0 atom stereocenters. The van der Waals surface area contributed by atoms with Crippen LogP contribution in [-0.2, 0) is 32.2 Å². The van der Waals surface area contributed by atoms with Crippen LogP contribution in [0.5, 0.6) is 0 Å². The van der Waals surface area contributed by atoms with E-state index >= 15 is 0 Å². The number of carboxylic acid groups (broad SMARTS) is 1. The van der Waals surface area contributed by atoms with E-state index in [1.165, 1.54) is 4.90 Å². The summed E-state index contributed by atoms with van der Waals surface area (Å²) in [6.45, 7) is 4.61. The molecule has 0 aliphatic carbocycles. The van der Waals surface area contributed by atoms with E-state index in [0.717, 1.165) is 37.2 Å². The lowest BCUT2D eigenvalue weighted by molar-refractivity contribution is -0.142. The molecule has 6 amide bonds. The van der Waals surface area contributed by atoms with Gasteiger partial charge in [-0.15, -0.1) is 0 Å². The Hall–Kier alpha value is -4.49. The molecule has 0 radical (unpaired) electrons. The Bertz CT molecular complexity index is 1320. The van der Waals surface area contributed by atoms with Crippen molar-refractivity contribution in [2.75, 3.05) is 72.1 Å². The Morgan fingerprint density at radius 1 is 0.809 bits per heavy atom. The van der Waals surface area contributed by atoms with E-state index in [2.05, 4.69) is 10.2 Å². The number of morpholine rings is 1. The van der Waals surface area contributed by atoms with E-state index in [-0.39, 0.29) is 19.0 Å². The normalized spacial score (nSPS) is 14.9. The van der Waals surface area contributed by atoms with Gasteiger partial charge >= 0.3 is 18.0 Å². The van der Waals surface area contributed by atoms with Crippen LogP contribution in [0.2, 0.25) is 0 Å². The van der Waals surface area contributed by atoms with Gasteiger partial charge in [-0.1, -0.05) is 60.7 Å². The molecule has 2 aliphatic heterocycles. The third-order valence-corrected chi connectivity index (χ3v) is 8.24. The van der Waals surface area contributed by atoms with E-state index in [1.807, 2.05) is 60.7 Å². The molecule has 2 aromatic rings. The van der Waals surface area contributed by atoms with Gasteiger partial charge in [0.15, 0.2) is 0 Å². The number of ether oxygens (including phenoxy) is 1. The molecule has 0 spiro atoms. The Morgan fingerprint density at radius 3 is 2.00 bits per heavy atom. The summed E-state index contributed by atoms with van der Waals surface area (Å²) in [6.07, 6.45) is 2.56. The highest BCUT2D eigenvalue weighted by Crippen LogP contribution is 2.13. The third-order valence-electron chi connectivity index (χ3n) is 8.24.